The molecule has 0 spiro atoms. The Kier molecular flexibility index (Phi) is 8.32. The monoisotopic (exact) mass is 502 g/mol. The fourth-order valence-electron chi connectivity index (χ4n) is 5.26. The second-order valence-electron chi connectivity index (χ2n) is 9.89. The van der Waals surface area contributed by atoms with E-state index < -0.39 is 40.6 Å². The third-order valence-electron chi connectivity index (χ3n) is 7.37. The fraction of sp³-hybridized carbons (Fsp3) is 0.400. The van der Waals surface area contributed by atoms with Gasteiger partial charge in [-0.25, -0.2) is 17.6 Å². The van der Waals surface area contributed by atoms with Crippen molar-refractivity contribution in [3.8, 4) is 22.6 Å². The van der Waals surface area contributed by atoms with Crippen molar-refractivity contribution in [3.05, 3.63) is 82.7 Å². The van der Waals surface area contributed by atoms with Crippen LogP contribution in [0.3, 0.4) is 0 Å². The van der Waals surface area contributed by atoms with Crippen LogP contribution in [-0.2, 0) is 6.42 Å². The van der Waals surface area contributed by atoms with E-state index in [0.29, 0.717) is 23.3 Å². The van der Waals surface area contributed by atoms with Gasteiger partial charge in [-0.2, -0.15) is 4.39 Å². The van der Waals surface area contributed by atoms with Crippen LogP contribution in [0.5, 0.6) is 11.5 Å². The molecule has 4 rings (SSSR count). The maximum absolute atomic E-state index is 14.6. The van der Waals surface area contributed by atoms with Gasteiger partial charge >= 0.3 is 0 Å². The Bertz CT molecular complexity index is 1170. The van der Waals surface area contributed by atoms with E-state index in [9.17, 15) is 22.0 Å². The molecular formula is C30H31F5O. The Morgan fingerprint density at radius 3 is 1.89 bits per heavy atom. The Morgan fingerprint density at radius 1 is 0.750 bits per heavy atom. The van der Waals surface area contributed by atoms with Gasteiger partial charge in [0, 0.05) is 17.7 Å². The smallest absolute Gasteiger partial charge is 0.201 e. The zero-order valence-corrected chi connectivity index (χ0v) is 20.7. The highest BCUT2D eigenvalue weighted by atomic mass is 19.2. The molecule has 1 nitrogen and oxygen atoms in total. The lowest BCUT2D eigenvalue weighted by molar-refractivity contribution is 0.252. The topological polar surface area (TPSA) is 9.23 Å². The zero-order valence-electron chi connectivity index (χ0n) is 20.7. The lowest BCUT2D eigenvalue weighted by Gasteiger charge is -2.28. The average molecular weight is 503 g/mol. The number of benzene rings is 3. The molecule has 0 saturated heterocycles. The molecule has 6 heteroatoms. The van der Waals surface area contributed by atoms with Crippen LogP contribution in [0, 0.1) is 47.8 Å². The highest BCUT2D eigenvalue weighted by Crippen LogP contribution is 2.38. The summed E-state index contributed by atoms with van der Waals surface area (Å²) in [6.07, 6.45) is 9.95. The van der Waals surface area contributed by atoms with Crippen molar-refractivity contribution in [2.24, 2.45) is 11.8 Å². The first-order valence-electron chi connectivity index (χ1n) is 12.7. The van der Waals surface area contributed by atoms with E-state index in [0.717, 1.165) is 30.7 Å². The van der Waals surface area contributed by atoms with E-state index in [1.165, 1.54) is 51.0 Å². The minimum atomic E-state index is -1.66. The summed E-state index contributed by atoms with van der Waals surface area (Å²) in [6.45, 7) is 3.78. The lowest BCUT2D eigenvalue weighted by atomic mass is 9.78. The van der Waals surface area contributed by atoms with Crippen LogP contribution in [0.15, 0.2) is 42.5 Å². The first-order valence-corrected chi connectivity index (χ1v) is 12.7. The van der Waals surface area contributed by atoms with Crippen molar-refractivity contribution in [2.45, 2.75) is 65.2 Å². The normalized spacial score (nSPS) is 17.9. The molecular weight excluding hydrogens is 471 g/mol. The SMILES string of the molecule is CCC[C@H]1CC[C@H](CCc2ccc(-c3cc(F)c(F)c(Oc4cc(F)c(F)c(F)c4)c3C)cc2)CC1. The van der Waals surface area contributed by atoms with E-state index >= 15 is 0 Å². The van der Waals surface area contributed by atoms with E-state index in [4.69, 9.17) is 4.74 Å². The van der Waals surface area contributed by atoms with Gasteiger partial charge in [-0.1, -0.05) is 69.7 Å². The van der Waals surface area contributed by atoms with Crippen LogP contribution in [0.1, 0.15) is 63.0 Å². The van der Waals surface area contributed by atoms with Crippen molar-refractivity contribution >= 4 is 0 Å². The van der Waals surface area contributed by atoms with Crippen LogP contribution in [0.4, 0.5) is 22.0 Å². The Labute approximate surface area is 209 Å². The molecule has 0 bridgehead atoms. The highest BCUT2D eigenvalue weighted by Gasteiger charge is 2.22. The summed E-state index contributed by atoms with van der Waals surface area (Å²) >= 11 is 0. The Morgan fingerprint density at radius 2 is 1.31 bits per heavy atom. The van der Waals surface area contributed by atoms with Gasteiger partial charge in [-0.3, -0.25) is 0 Å². The van der Waals surface area contributed by atoms with Crippen LogP contribution in [0.25, 0.3) is 11.1 Å². The summed E-state index contributed by atoms with van der Waals surface area (Å²) in [5.41, 5.74) is 2.50. The number of rotatable bonds is 8. The average Bonchev–Trinajstić information content (AvgIpc) is 2.87. The predicted octanol–water partition coefficient (Wildman–Crippen LogP) is 9.69. The quantitative estimate of drug-likeness (QED) is 0.220. The number of ether oxygens (including phenoxy) is 1. The first-order chi connectivity index (χ1) is 17.3. The lowest BCUT2D eigenvalue weighted by Crippen LogP contribution is -2.15. The maximum Gasteiger partial charge on any atom is 0.201 e. The van der Waals surface area contributed by atoms with Gasteiger partial charge in [-0.15, -0.1) is 0 Å². The van der Waals surface area contributed by atoms with Crippen LogP contribution < -0.4 is 4.74 Å². The number of aryl methyl sites for hydroxylation is 1. The third kappa shape index (κ3) is 5.91. The van der Waals surface area contributed by atoms with E-state index in [1.807, 2.05) is 24.3 Å². The summed E-state index contributed by atoms with van der Waals surface area (Å²) in [4.78, 5) is 0. The minimum absolute atomic E-state index is 0.260. The summed E-state index contributed by atoms with van der Waals surface area (Å²) in [5.74, 6) is -6.39. The number of hydrogen-bond acceptors (Lipinski definition) is 1. The van der Waals surface area contributed by atoms with Gasteiger partial charge in [0.2, 0.25) is 5.82 Å². The molecule has 0 heterocycles. The summed E-state index contributed by atoms with van der Waals surface area (Å²) < 4.78 is 74.7. The van der Waals surface area contributed by atoms with Crippen molar-refractivity contribution in [1.82, 2.24) is 0 Å². The van der Waals surface area contributed by atoms with Gasteiger partial charge in [0.05, 0.1) is 0 Å². The van der Waals surface area contributed by atoms with Gasteiger partial charge in [0.15, 0.2) is 29.0 Å². The largest absolute Gasteiger partial charge is 0.454 e. The number of hydrogen-bond donors (Lipinski definition) is 0. The molecule has 0 amide bonds. The molecule has 0 unspecified atom stereocenters. The molecule has 3 aromatic rings. The van der Waals surface area contributed by atoms with E-state index in [-0.39, 0.29) is 5.56 Å². The fourth-order valence-corrected chi connectivity index (χ4v) is 5.26. The van der Waals surface area contributed by atoms with Gasteiger partial charge < -0.3 is 4.74 Å². The Balaban J connectivity index is 1.48. The molecule has 0 aliphatic heterocycles. The van der Waals surface area contributed by atoms with Gasteiger partial charge in [0.25, 0.3) is 0 Å². The molecule has 0 aromatic heterocycles. The minimum Gasteiger partial charge on any atom is -0.454 e. The molecule has 0 radical (unpaired) electrons. The Hall–Kier alpha value is -2.89. The summed E-state index contributed by atoms with van der Waals surface area (Å²) in [7, 11) is 0. The highest BCUT2D eigenvalue weighted by molar-refractivity contribution is 5.70. The molecule has 1 fully saturated rings. The molecule has 192 valence electrons. The van der Waals surface area contributed by atoms with Crippen molar-refractivity contribution in [1.29, 1.82) is 0 Å². The molecule has 0 atom stereocenters. The number of halogens is 5. The predicted molar refractivity (Wildman–Crippen MR) is 132 cm³/mol. The molecule has 1 aliphatic rings. The van der Waals surface area contributed by atoms with Crippen molar-refractivity contribution in [2.75, 3.05) is 0 Å². The molecule has 1 saturated carbocycles. The second kappa shape index (κ2) is 11.4. The second-order valence-corrected chi connectivity index (χ2v) is 9.89. The van der Waals surface area contributed by atoms with Gasteiger partial charge in [0.1, 0.15) is 5.75 Å². The summed E-state index contributed by atoms with van der Waals surface area (Å²) in [5, 5.41) is 0. The van der Waals surface area contributed by atoms with Crippen molar-refractivity contribution < 1.29 is 26.7 Å². The molecule has 36 heavy (non-hydrogen) atoms. The van der Waals surface area contributed by atoms with Crippen LogP contribution in [0.2, 0.25) is 0 Å². The van der Waals surface area contributed by atoms with E-state index in [1.54, 1.807) is 0 Å². The molecule has 3 aromatic carbocycles. The molecule has 1 aliphatic carbocycles. The third-order valence-corrected chi connectivity index (χ3v) is 7.37. The van der Waals surface area contributed by atoms with Gasteiger partial charge in [-0.05, 0) is 54.4 Å². The van der Waals surface area contributed by atoms with Crippen LogP contribution >= 0.6 is 0 Å². The maximum atomic E-state index is 14.6. The van der Waals surface area contributed by atoms with E-state index in [2.05, 4.69) is 6.92 Å². The first kappa shape index (κ1) is 26.2. The standard InChI is InChI=1S/C30H31F5O/c1-3-4-19-5-7-20(8-6-19)9-10-21-11-13-22(14-12-21)24-17-27(33)29(35)30(18(24)2)36-23-15-25(31)28(34)26(32)16-23/h11-17,19-20H,3-10H2,1-2H3/t19-,20-. The van der Waals surface area contributed by atoms with Crippen LogP contribution in [-0.4, -0.2) is 0 Å². The zero-order chi connectivity index (χ0) is 25.8. The summed E-state index contributed by atoms with van der Waals surface area (Å²) in [6, 6.07) is 9.95. The molecule has 0 N–H and O–H groups in total. The van der Waals surface area contributed by atoms with Crippen molar-refractivity contribution in [3.63, 3.8) is 0 Å².